The van der Waals surface area contributed by atoms with Gasteiger partial charge in [-0.15, -0.1) is 0 Å². The highest BCUT2D eigenvalue weighted by molar-refractivity contribution is 5.96. The van der Waals surface area contributed by atoms with Crippen molar-refractivity contribution in [2.24, 2.45) is 5.92 Å². The van der Waals surface area contributed by atoms with Crippen LogP contribution < -0.4 is 5.32 Å². The summed E-state index contributed by atoms with van der Waals surface area (Å²) >= 11 is 0. The topological polar surface area (TPSA) is 98.9 Å². The SMILES string of the molecule is C=C(/C=C(C)\C(=C/C)c1cc2cnc(NC(=O)C3CC3F)cc2nc1C#N)C(O)CCC. The molecular formula is C25H27FN4O2. The van der Waals surface area contributed by atoms with Crippen molar-refractivity contribution in [2.45, 2.75) is 52.3 Å². The number of hydrogen-bond donors (Lipinski definition) is 2. The van der Waals surface area contributed by atoms with Crippen LogP contribution in [0.4, 0.5) is 10.2 Å². The number of rotatable bonds is 8. The summed E-state index contributed by atoms with van der Waals surface area (Å²) in [5.74, 6) is -0.742. The highest BCUT2D eigenvalue weighted by Crippen LogP contribution is 2.35. The van der Waals surface area contributed by atoms with E-state index >= 15 is 0 Å². The summed E-state index contributed by atoms with van der Waals surface area (Å²) in [6.45, 7) is 9.74. The van der Waals surface area contributed by atoms with Crippen LogP contribution in [0, 0.1) is 17.2 Å². The van der Waals surface area contributed by atoms with Gasteiger partial charge in [-0.05, 0) is 49.5 Å². The van der Waals surface area contributed by atoms with Gasteiger partial charge >= 0.3 is 0 Å². The molecule has 1 amide bonds. The van der Waals surface area contributed by atoms with Crippen molar-refractivity contribution in [3.05, 3.63) is 59.5 Å². The lowest BCUT2D eigenvalue weighted by Gasteiger charge is -2.14. The van der Waals surface area contributed by atoms with Crippen LogP contribution in [0.15, 0.2) is 48.2 Å². The molecule has 166 valence electrons. The molecule has 6 nitrogen and oxygen atoms in total. The fourth-order valence-corrected chi connectivity index (χ4v) is 3.59. The van der Waals surface area contributed by atoms with E-state index in [4.69, 9.17) is 0 Å². The Labute approximate surface area is 187 Å². The predicted octanol–water partition coefficient (Wildman–Crippen LogP) is 4.86. The van der Waals surface area contributed by atoms with Crippen molar-refractivity contribution in [2.75, 3.05) is 5.32 Å². The Kier molecular flexibility index (Phi) is 7.16. The summed E-state index contributed by atoms with van der Waals surface area (Å²) in [5, 5.41) is 23.2. The van der Waals surface area contributed by atoms with Crippen molar-refractivity contribution in [1.82, 2.24) is 9.97 Å². The normalized spacial score (nSPS) is 19.4. The van der Waals surface area contributed by atoms with Crippen LogP contribution in [0.25, 0.3) is 16.5 Å². The second-order valence-corrected chi connectivity index (χ2v) is 8.02. The van der Waals surface area contributed by atoms with Crippen LogP contribution in [0.3, 0.4) is 0 Å². The molecule has 3 atom stereocenters. The molecule has 2 aromatic heterocycles. The first-order valence-corrected chi connectivity index (χ1v) is 10.7. The lowest BCUT2D eigenvalue weighted by Crippen LogP contribution is -2.15. The van der Waals surface area contributed by atoms with E-state index in [1.165, 1.54) is 0 Å². The number of aromatic nitrogens is 2. The minimum Gasteiger partial charge on any atom is -0.388 e. The Morgan fingerprint density at radius 1 is 1.50 bits per heavy atom. The second-order valence-electron chi connectivity index (χ2n) is 8.02. The van der Waals surface area contributed by atoms with Gasteiger partial charge in [0.15, 0.2) is 0 Å². The molecule has 1 aliphatic rings. The fourth-order valence-electron chi connectivity index (χ4n) is 3.59. The van der Waals surface area contributed by atoms with Gasteiger partial charge in [-0.1, -0.05) is 32.1 Å². The molecule has 2 aromatic rings. The van der Waals surface area contributed by atoms with E-state index in [2.05, 4.69) is 27.9 Å². The number of anilines is 1. The third-order valence-electron chi connectivity index (χ3n) is 5.50. The lowest BCUT2D eigenvalue weighted by atomic mass is 9.94. The number of alkyl halides is 1. The number of halogens is 1. The molecule has 0 bridgehead atoms. The largest absolute Gasteiger partial charge is 0.388 e. The van der Waals surface area contributed by atoms with Crippen molar-refractivity contribution >= 4 is 28.2 Å². The Morgan fingerprint density at radius 2 is 2.22 bits per heavy atom. The summed E-state index contributed by atoms with van der Waals surface area (Å²) in [5.41, 5.74) is 3.65. The standard InChI is InChI=1S/C25H27FN4O2/c1-5-7-23(31)15(4)8-14(3)17(6-2)18-9-16-13-28-24(11-21(16)29-22(18)12-27)30-25(32)19-10-20(19)26/h6,8-9,11,13,19-20,23,31H,4-5,7,10H2,1-3H3,(H,28,30,32)/b14-8-,17-6+. The Morgan fingerprint density at radius 3 is 2.81 bits per heavy atom. The number of nitrogens with one attached hydrogen (secondary N) is 1. The first-order valence-electron chi connectivity index (χ1n) is 10.7. The number of fused-ring (bicyclic) bond motifs is 1. The van der Waals surface area contributed by atoms with Crippen molar-refractivity contribution in [1.29, 1.82) is 5.26 Å². The number of carbonyl (C=O) groups is 1. The number of aliphatic hydroxyl groups excluding tert-OH is 1. The summed E-state index contributed by atoms with van der Waals surface area (Å²) in [6, 6.07) is 5.55. The number of nitrogens with zero attached hydrogens (tertiary/aromatic N) is 3. The smallest absolute Gasteiger partial charge is 0.231 e. The van der Waals surface area contributed by atoms with Gasteiger partial charge in [-0.25, -0.2) is 14.4 Å². The lowest BCUT2D eigenvalue weighted by molar-refractivity contribution is -0.117. The van der Waals surface area contributed by atoms with Crippen LogP contribution in [-0.4, -0.2) is 33.3 Å². The Balaban J connectivity index is 1.93. The van der Waals surface area contributed by atoms with Crippen LogP contribution in [-0.2, 0) is 4.79 Å². The molecule has 0 saturated heterocycles. The third kappa shape index (κ3) is 5.09. The molecule has 3 unspecified atom stereocenters. The number of hydrogen-bond acceptors (Lipinski definition) is 5. The minimum absolute atomic E-state index is 0.229. The van der Waals surface area contributed by atoms with Crippen molar-refractivity contribution in [3.8, 4) is 6.07 Å². The molecular weight excluding hydrogens is 407 g/mol. The highest BCUT2D eigenvalue weighted by Gasteiger charge is 2.43. The van der Waals surface area contributed by atoms with Gasteiger partial charge in [0.05, 0.1) is 17.5 Å². The van der Waals surface area contributed by atoms with Crippen LogP contribution >= 0.6 is 0 Å². The summed E-state index contributed by atoms with van der Waals surface area (Å²) in [4.78, 5) is 20.7. The molecule has 0 spiro atoms. The molecule has 0 aliphatic heterocycles. The number of nitriles is 1. The van der Waals surface area contributed by atoms with Gasteiger partial charge in [0.25, 0.3) is 0 Å². The summed E-state index contributed by atoms with van der Waals surface area (Å²) in [6.07, 6.45) is 5.30. The summed E-state index contributed by atoms with van der Waals surface area (Å²) in [7, 11) is 0. The number of pyridine rings is 2. The van der Waals surface area contributed by atoms with Gasteiger partial charge in [-0.2, -0.15) is 5.26 Å². The number of carbonyl (C=O) groups excluding carboxylic acids is 1. The maximum atomic E-state index is 13.1. The number of allylic oxidation sites excluding steroid dienone is 3. The van der Waals surface area contributed by atoms with Crippen LogP contribution in [0.2, 0.25) is 0 Å². The van der Waals surface area contributed by atoms with Gasteiger partial charge in [0.2, 0.25) is 5.91 Å². The van der Waals surface area contributed by atoms with E-state index in [1.54, 1.807) is 12.3 Å². The second kappa shape index (κ2) is 9.84. The molecule has 2 heterocycles. The number of aliphatic hydroxyl groups is 1. The Hall–Kier alpha value is -3.37. The predicted molar refractivity (Wildman–Crippen MR) is 123 cm³/mol. The monoisotopic (exact) mass is 434 g/mol. The van der Waals surface area contributed by atoms with E-state index < -0.39 is 24.1 Å². The zero-order valence-corrected chi connectivity index (χ0v) is 18.5. The molecule has 1 aliphatic carbocycles. The first-order chi connectivity index (χ1) is 15.3. The zero-order valence-electron chi connectivity index (χ0n) is 18.5. The van der Waals surface area contributed by atoms with Gasteiger partial charge < -0.3 is 10.4 Å². The average molecular weight is 435 g/mol. The van der Waals surface area contributed by atoms with Crippen molar-refractivity contribution in [3.63, 3.8) is 0 Å². The molecule has 32 heavy (non-hydrogen) atoms. The molecule has 3 rings (SSSR count). The van der Waals surface area contributed by atoms with E-state index in [9.17, 15) is 19.6 Å². The fraction of sp³-hybridized carbons (Fsp3) is 0.360. The summed E-state index contributed by atoms with van der Waals surface area (Å²) < 4.78 is 13.1. The minimum atomic E-state index is -1.09. The van der Waals surface area contributed by atoms with Gasteiger partial charge in [0, 0.05) is 23.2 Å². The Bertz CT molecular complexity index is 1160. The molecule has 0 radical (unpaired) electrons. The van der Waals surface area contributed by atoms with E-state index in [1.807, 2.05) is 39.0 Å². The van der Waals surface area contributed by atoms with E-state index in [0.29, 0.717) is 28.5 Å². The maximum absolute atomic E-state index is 13.1. The first kappa shape index (κ1) is 23.3. The van der Waals surface area contributed by atoms with E-state index in [-0.39, 0.29) is 17.9 Å². The molecule has 0 aromatic carbocycles. The zero-order chi connectivity index (χ0) is 23.4. The molecule has 2 N–H and O–H groups in total. The van der Waals surface area contributed by atoms with Gasteiger partial charge in [0.1, 0.15) is 23.8 Å². The van der Waals surface area contributed by atoms with Crippen LogP contribution in [0.5, 0.6) is 0 Å². The molecule has 1 saturated carbocycles. The highest BCUT2D eigenvalue weighted by atomic mass is 19.1. The molecule has 7 heteroatoms. The number of amides is 1. The van der Waals surface area contributed by atoms with Gasteiger partial charge in [-0.3, -0.25) is 4.79 Å². The third-order valence-corrected chi connectivity index (χ3v) is 5.50. The van der Waals surface area contributed by atoms with Crippen molar-refractivity contribution < 1.29 is 14.3 Å². The quantitative estimate of drug-likeness (QED) is 0.578. The maximum Gasteiger partial charge on any atom is 0.231 e. The molecule has 1 fully saturated rings. The average Bonchev–Trinajstić information content (AvgIpc) is 3.50. The van der Waals surface area contributed by atoms with Crippen LogP contribution in [0.1, 0.15) is 51.3 Å². The van der Waals surface area contributed by atoms with E-state index in [0.717, 1.165) is 17.6 Å².